The molecule has 0 radical (unpaired) electrons. The van der Waals surface area contributed by atoms with E-state index in [1.54, 1.807) is 0 Å². The predicted molar refractivity (Wildman–Crippen MR) is 254 cm³/mol. The Labute approximate surface area is 357 Å². The van der Waals surface area contributed by atoms with Gasteiger partial charge in [0.2, 0.25) is 0 Å². The molecule has 3 aliphatic rings. The standard InChI is InChI=1S/C58H44N2O/c1-57(2)48-25-13-11-22-43(48)45-31-29-40(34-50(45)57)59(38-18-7-5-8-19-38)42-33-37-17-15-24-47-55(37)54(36-42)61-53-28-16-27-52(56(47)53)60(39-20-9-6-10-21-39)41-30-32-46-44-23-12-14-26-49(44)58(3,4)51(46)35-41/h5-36H,1-4H3. The van der Waals surface area contributed by atoms with Crippen molar-refractivity contribution in [3.05, 3.63) is 216 Å². The second-order valence-electron chi connectivity index (χ2n) is 17.7. The predicted octanol–water partition coefficient (Wildman–Crippen LogP) is 16.2. The third-order valence-electron chi connectivity index (χ3n) is 13.6. The molecule has 0 saturated carbocycles. The minimum Gasteiger partial charge on any atom is -0.456 e. The number of nitrogens with zero attached hydrogens (tertiary/aromatic N) is 2. The molecule has 0 bridgehead atoms. The Morgan fingerprint density at radius 1 is 0.344 bits per heavy atom. The van der Waals surface area contributed by atoms with Gasteiger partial charge in [-0.1, -0.05) is 149 Å². The maximum Gasteiger partial charge on any atom is 0.138 e. The van der Waals surface area contributed by atoms with Crippen LogP contribution in [0.15, 0.2) is 194 Å². The molecule has 61 heavy (non-hydrogen) atoms. The first-order chi connectivity index (χ1) is 29.8. The van der Waals surface area contributed by atoms with E-state index in [4.69, 9.17) is 4.74 Å². The van der Waals surface area contributed by atoms with Gasteiger partial charge in [0.1, 0.15) is 11.5 Å². The first-order valence-corrected chi connectivity index (χ1v) is 21.3. The van der Waals surface area contributed by atoms with Crippen LogP contribution in [-0.4, -0.2) is 0 Å². The van der Waals surface area contributed by atoms with Gasteiger partial charge in [0.15, 0.2) is 0 Å². The summed E-state index contributed by atoms with van der Waals surface area (Å²) in [4.78, 5) is 4.78. The zero-order valence-electron chi connectivity index (χ0n) is 34.8. The first kappa shape index (κ1) is 35.6. The fourth-order valence-corrected chi connectivity index (χ4v) is 10.7. The van der Waals surface area contributed by atoms with Crippen molar-refractivity contribution in [3.8, 4) is 44.9 Å². The lowest BCUT2D eigenvalue weighted by molar-refractivity contribution is 0.487. The summed E-state index contributed by atoms with van der Waals surface area (Å²) in [5.74, 6) is 1.69. The number of ether oxygens (including phenoxy) is 1. The van der Waals surface area contributed by atoms with Crippen molar-refractivity contribution in [2.45, 2.75) is 38.5 Å². The Bertz CT molecular complexity index is 3240. The van der Waals surface area contributed by atoms with E-state index in [1.165, 1.54) is 44.5 Å². The van der Waals surface area contributed by atoms with Crippen LogP contribution in [0.4, 0.5) is 34.1 Å². The highest BCUT2D eigenvalue weighted by molar-refractivity contribution is 6.09. The van der Waals surface area contributed by atoms with Gasteiger partial charge in [0.05, 0.1) is 11.4 Å². The average Bonchev–Trinajstić information content (AvgIpc) is 3.66. The molecular weight excluding hydrogens is 741 g/mol. The summed E-state index contributed by atoms with van der Waals surface area (Å²) >= 11 is 0. The largest absolute Gasteiger partial charge is 0.456 e. The minimum absolute atomic E-state index is 0.117. The van der Waals surface area contributed by atoms with E-state index in [2.05, 4.69) is 232 Å². The number of fused-ring (bicyclic) bond motifs is 8. The van der Waals surface area contributed by atoms with Crippen LogP contribution in [0.1, 0.15) is 49.9 Å². The first-order valence-electron chi connectivity index (χ1n) is 21.3. The van der Waals surface area contributed by atoms with Gasteiger partial charge in [-0.15, -0.1) is 0 Å². The highest BCUT2D eigenvalue weighted by Gasteiger charge is 2.38. The number of anilines is 6. The van der Waals surface area contributed by atoms with E-state index in [9.17, 15) is 0 Å². The maximum atomic E-state index is 7.12. The van der Waals surface area contributed by atoms with Crippen LogP contribution in [0.2, 0.25) is 0 Å². The molecule has 1 aliphatic heterocycles. The van der Waals surface area contributed by atoms with Crippen LogP contribution in [0, 0.1) is 0 Å². The average molecular weight is 785 g/mol. The zero-order valence-corrected chi connectivity index (χ0v) is 34.8. The van der Waals surface area contributed by atoms with Gasteiger partial charge in [-0.3, -0.25) is 0 Å². The Balaban J connectivity index is 1.02. The summed E-state index contributed by atoms with van der Waals surface area (Å²) in [6.45, 7) is 9.39. The van der Waals surface area contributed by atoms with Crippen LogP contribution in [-0.2, 0) is 10.8 Å². The molecule has 292 valence electrons. The molecule has 0 aromatic heterocycles. The highest BCUT2D eigenvalue weighted by Crippen LogP contribution is 2.56. The van der Waals surface area contributed by atoms with Crippen molar-refractivity contribution in [2.75, 3.05) is 9.80 Å². The van der Waals surface area contributed by atoms with E-state index < -0.39 is 0 Å². The Hall–Kier alpha value is -7.36. The fraction of sp³-hybridized carbons (Fsp3) is 0.103. The van der Waals surface area contributed by atoms with E-state index in [0.717, 1.165) is 67.5 Å². The molecule has 0 spiro atoms. The molecule has 12 rings (SSSR count). The van der Waals surface area contributed by atoms with Gasteiger partial charge >= 0.3 is 0 Å². The molecule has 0 saturated heterocycles. The van der Waals surface area contributed by atoms with Gasteiger partial charge in [0, 0.05) is 50.6 Å². The van der Waals surface area contributed by atoms with Gasteiger partial charge in [-0.25, -0.2) is 0 Å². The Morgan fingerprint density at radius 2 is 0.852 bits per heavy atom. The van der Waals surface area contributed by atoms with Gasteiger partial charge in [-0.05, 0) is 122 Å². The van der Waals surface area contributed by atoms with Crippen molar-refractivity contribution < 1.29 is 4.74 Å². The molecule has 1 heterocycles. The monoisotopic (exact) mass is 784 g/mol. The number of benzene rings is 9. The van der Waals surface area contributed by atoms with Crippen LogP contribution in [0.5, 0.6) is 11.5 Å². The second-order valence-corrected chi connectivity index (χ2v) is 17.7. The molecule has 9 aromatic carbocycles. The number of hydrogen-bond acceptors (Lipinski definition) is 3. The minimum atomic E-state index is -0.125. The third-order valence-corrected chi connectivity index (χ3v) is 13.6. The van der Waals surface area contributed by atoms with E-state index >= 15 is 0 Å². The van der Waals surface area contributed by atoms with Gasteiger partial charge in [0.25, 0.3) is 0 Å². The molecule has 0 atom stereocenters. The van der Waals surface area contributed by atoms with Crippen LogP contribution in [0.25, 0.3) is 44.2 Å². The molecule has 9 aromatic rings. The molecule has 0 fully saturated rings. The smallest absolute Gasteiger partial charge is 0.138 e. The summed E-state index contributed by atoms with van der Waals surface area (Å²) < 4.78 is 7.12. The summed E-state index contributed by atoms with van der Waals surface area (Å²) in [6, 6.07) is 70.9. The van der Waals surface area contributed by atoms with Crippen molar-refractivity contribution in [2.24, 2.45) is 0 Å². The highest BCUT2D eigenvalue weighted by atomic mass is 16.5. The molecule has 0 amide bonds. The molecule has 3 nitrogen and oxygen atoms in total. The summed E-state index contributed by atoms with van der Waals surface area (Å²) in [7, 11) is 0. The lowest BCUT2D eigenvalue weighted by Crippen LogP contribution is -2.17. The van der Waals surface area contributed by atoms with E-state index in [1.807, 2.05) is 0 Å². The number of para-hydroxylation sites is 2. The van der Waals surface area contributed by atoms with Gasteiger partial charge < -0.3 is 14.5 Å². The fourth-order valence-electron chi connectivity index (χ4n) is 10.7. The summed E-state index contributed by atoms with van der Waals surface area (Å²) in [5.41, 5.74) is 19.2. The van der Waals surface area contributed by atoms with Gasteiger partial charge in [-0.2, -0.15) is 0 Å². The van der Waals surface area contributed by atoms with E-state index in [-0.39, 0.29) is 10.8 Å². The van der Waals surface area contributed by atoms with Crippen molar-refractivity contribution in [1.29, 1.82) is 0 Å². The summed E-state index contributed by atoms with van der Waals surface area (Å²) in [6.07, 6.45) is 0. The zero-order chi connectivity index (χ0) is 41.0. The number of rotatable bonds is 6. The Morgan fingerprint density at radius 3 is 1.48 bits per heavy atom. The van der Waals surface area contributed by atoms with Crippen LogP contribution in [0.3, 0.4) is 0 Å². The Kier molecular flexibility index (Phi) is 7.62. The lowest BCUT2D eigenvalue weighted by Gasteiger charge is -2.33. The van der Waals surface area contributed by atoms with Crippen LogP contribution < -0.4 is 14.5 Å². The molecule has 3 heteroatoms. The molecule has 2 aliphatic carbocycles. The van der Waals surface area contributed by atoms with Crippen molar-refractivity contribution >= 4 is 44.9 Å². The normalized spacial score (nSPS) is 14.3. The molecule has 0 unspecified atom stereocenters. The van der Waals surface area contributed by atoms with Crippen molar-refractivity contribution in [1.82, 2.24) is 0 Å². The topological polar surface area (TPSA) is 15.7 Å². The maximum absolute atomic E-state index is 7.12. The van der Waals surface area contributed by atoms with Crippen LogP contribution >= 0.6 is 0 Å². The molecule has 0 N–H and O–H groups in total. The van der Waals surface area contributed by atoms with E-state index in [0.29, 0.717) is 0 Å². The third kappa shape index (κ3) is 5.23. The lowest BCUT2D eigenvalue weighted by atomic mass is 9.82. The van der Waals surface area contributed by atoms with Crippen molar-refractivity contribution in [3.63, 3.8) is 0 Å². The summed E-state index contributed by atoms with van der Waals surface area (Å²) in [5, 5.41) is 2.24. The second kappa shape index (κ2) is 13.1. The quantitative estimate of drug-likeness (QED) is 0.167. The SMILES string of the molecule is CC1(C)c2ccccc2-c2ccc(N(c3ccccc3)c3cc4c5c(cccc5c3)-c3c(cccc3N(c3ccccc3)c3ccc5c(c3)C(C)(C)c3ccccc3-5)O4)cc21. The number of hydrogen-bond donors (Lipinski definition) is 0. The molecular formula is C58H44N2O.